The normalized spacial score (nSPS) is 11.1. The van der Waals surface area contributed by atoms with Crippen molar-refractivity contribution in [2.75, 3.05) is 0 Å². The van der Waals surface area contributed by atoms with Gasteiger partial charge in [-0.05, 0) is 60.0 Å². The predicted molar refractivity (Wildman–Crippen MR) is 124 cm³/mol. The average molecular weight is 423 g/mol. The smallest absolute Gasteiger partial charge is 0.163 e. The van der Waals surface area contributed by atoms with Crippen molar-refractivity contribution in [1.29, 1.82) is 0 Å². The quantitative estimate of drug-likeness (QED) is 0.320. The van der Waals surface area contributed by atoms with Crippen LogP contribution in [0.1, 0.15) is 18.2 Å². The molecular formula is C27H22FN3O. The van der Waals surface area contributed by atoms with Gasteiger partial charge in [-0.15, -0.1) is 0 Å². The predicted octanol–water partition coefficient (Wildman–Crippen LogP) is 6.34. The molecule has 5 heteroatoms. The summed E-state index contributed by atoms with van der Waals surface area (Å²) in [5.41, 5.74) is 6.62. The molecular weight excluding hydrogens is 401 g/mol. The van der Waals surface area contributed by atoms with Crippen molar-refractivity contribution in [3.05, 3.63) is 108 Å². The zero-order valence-electron chi connectivity index (χ0n) is 17.7. The van der Waals surface area contributed by atoms with Crippen LogP contribution >= 0.6 is 0 Å². The minimum Gasteiger partial charge on any atom is -0.489 e. The van der Waals surface area contributed by atoms with E-state index in [0.717, 1.165) is 51.5 Å². The van der Waals surface area contributed by atoms with Crippen LogP contribution in [0.25, 0.3) is 28.0 Å². The van der Waals surface area contributed by atoms with E-state index in [4.69, 9.17) is 9.84 Å². The standard InChI is InChI=1S/C27H22FN3O/c1-2-24-26(21-8-12-22(28)13-9-21)27-29-17-16-25(31(27)30-24)20-10-14-23(15-11-20)32-18-19-6-4-3-5-7-19/h3-17H,2,18H2,1H3. The molecule has 2 aromatic heterocycles. The van der Waals surface area contributed by atoms with E-state index in [2.05, 4.69) is 11.9 Å². The van der Waals surface area contributed by atoms with E-state index in [1.54, 1.807) is 18.3 Å². The molecule has 0 amide bonds. The Morgan fingerprint density at radius 1 is 0.844 bits per heavy atom. The first-order valence-corrected chi connectivity index (χ1v) is 10.6. The molecule has 158 valence electrons. The van der Waals surface area contributed by atoms with E-state index >= 15 is 0 Å². The van der Waals surface area contributed by atoms with Gasteiger partial charge in [0.05, 0.1) is 11.4 Å². The van der Waals surface area contributed by atoms with Crippen LogP contribution in [0.5, 0.6) is 5.75 Å². The highest BCUT2D eigenvalue weighted by Crippen LogP contribution is 2.31. The van der Waals surface area contributed by atoms with Crippen molar-refractivity contribution < 1.29 is 9.13 Å². The molecule has 3 aromatic carbocycles. The number of benzene rings is 3. The van der Waals surface area contributed by atoms with Crippen LogP contribution in [0, 0.1) is 5.82 Å². The van der Waals surface area contributed by atoms with Gasteiger partial charge in [0.25, 0.3) is 0 Å². The third-order valence-corrected chi connectivity index (χ3v) is 5.46. The molecule has 0 fully saturated rings. The first kappa shape index (κ1) is 19.9. The van der Waals surface area contributed by atoms with E-state index in [9.17, 15) is 4.39 Å². The molecule has 0 aliphatic heterocycles. The molecule has 0 aliphatic rings. The Morgan fingerprint density at radius 3 is 2.28 bits per heavy atom. The highest BCUT2D eigenvalue weighted by molar-refractivity contribution is 5.81. The second-order valence-electron chi connectivity index (χ2n) is 7.55. The summed E-state index contributed by atoms with van der Waals surface area (Å²) >= 11 is 0. The molecule has 4 nitrogen and oxygen atoms in total. The molecule has 5 rings (SSSR count). The zero-order valence-corrected chi connectivity index (χ0v) is 17.7. The molecule has 0 unspecified atom stereocenters. The maximum atomic E-state index is 13.4. The third kappa shape index (κ3) is 3.85. The van der Waals surface area contributed by atoms with Gasteiger partial charge >= 0.3 is 0 Å². The van der Waals surface area contributed by atoms with E-state index in [0.29, 0.717) is 6.61 Å². The van der Waals surface area contributed by atoms with Crippen molar-refractivity contribution in [2.45, 2.75) is 20.0 Å². The fourth-order valence-electron chi connectivity index (χ4n) is 3.83. The Kier molecular flexibility index (Phi) is 5.38. The second kappa shape index (κ2) is 8.63. The van der Waals surface area contributed by atoms with Crippen LogP contribution in [0.4, 0.5) is 4.39 Å². The first-order valence-electron chi connectivity index (χ1n) is 10.6. The van der Waals surface area contributed by atoms with Gasteiger partial charge in [-0.1, -0.05) is 49.4 Å². The summed E-state index contributed by atoms with van der Waals surface area (Å²) < 4.78 is 21.2. The van der Waals surface area contributed by atoms with Crippen molar-refractivity contribution in [3.63, 3.8) is 0 Å². The number of hydrogen-bond acceptors (Lipinski definition) is 3. The van der Waals surface area contributed by atoms with Gasteiger partial charge in [-0.3, -0.25) is 0 Å². The van der Waals surface area contributed by atoms with Crippen LogP contribution in [0.3, 0.4) is 0 Å². The number of fused-ring (bicyclic) bond motifs is 1. The van der Waals surface area contributed by atoms with E-state index < -0.39 is 0 Å². The summed E-state index contributed by atoms with van der Waals surface area (Å²) in [5.74, 6) is 0.552. The fraction of sp³-hybridized carbons (Fsp3) is 0.111. The molecule has 0 saturated heterocycles. The highest BCUT2D eigenvalue weighted by atomic mass is 19.1. The number of halogens is 1. The highest BCUT2D eigenvalue weighted by Gasteiger charge is 2.17. The Hall–Kier alpha value is -3.99. The fourth-order valence-corrected chi connectivity index (χ4v) is 3.83. The minimum absolute atomic E-state index is 0.258. The lowest BCUT2D eigenvalue weighted by Crippen LogP contribution is -1.97. The first-order chi connectivity index (χ1) is 15.7. The van der Waals surface area contributed by atoms with Crippen LogP contribution < -0.4 is 4.74 Å². The number of rotatable bonds is 6. The summed E-state index contributed by atoms with van der Waals surface area (Å²) in [4.78, 5) is 4.60. The summed E-state index contributed by atoms with van der Waals surface area (Å²) in [6.45, 7) is 2.59. The Labute approximate surface area is 186 Å². The van der Waals surface area contributed by atoms with Crippen LogP contribution in [0.15, 0.2) is 91.1 Å². The Bertz CT molecular complexity index is 1340. The van der Waals surface area contributed by atoms with Crippen molar-refractivity contribution in [3.8, 4) is 28.1 Å². The molecule has 0 aliphatic carbocycles. The van der Waals surface area contributed by atoms with Gasteiger partial charge in [0.1, 0.15) is 18.2 Å². The molecule has 0 atom stereocenters. The largest absolute Gasteiger partial charge is 0.489 e. The van der Waals surface area contributed by atoms with E-state index in [1.807, 2.05) is 65.2 Å². The summed E-state index contributed by atoms with van der Waals surface area (Å²) in [6.07, 6.45) is 2.54. The van der Waals surface area contributed by atoms with Gasteiger partial charge in [-0.2, -0.15) is 5.10 Å². The lowest BCUT2D eigenvalue weighted by molar-refractivity contribution is 0.306. The molecule has 32 heavy (non-hydrogen) atoms. The molecule has 0 radical (unpaired) electrons. The van der Waals surface area contributed by atoms with E-state index in [-0.39, 0.29) is 5.82 Å². The molecule has 2 heterocycles. The molecule has 0 N–H and O–H groups in total. The molecule has 5 aromatic rings. The summed E-state index contributed by atoms with van der Waals surface area (Å²) in [6, 6.07) is 26.5. The van der Waals surface area contributed by atoms with Crippen LogP contribution in [-0.2, 0) is 13.0 Å². The molecule has 0 bridgehead atoms. The van der Waals surface area contributed by atoms with Gasteiger partial charge in [-0.25, -0.2) is 13.9 Å². The monoisotopic (exact) mass is 423 g/mol. The maximum absolute atomic E-state index is 13.4. The number of nitrogens with zero attached hydrogens (tertiary/aromatic N) is 3. The second-order valence-corrected chi connectivity index (χ2v) is 7.55. The molecule has 0 saturated carbocycles. The lowest BCUT2D eigenvalue weighted by Gasteiger charge is -2.09. The SMILES string of the molecule is CCc1nn2c(-c3ccc(OCc4ccccc4)cc3)ccnc2c1-c1ccc(F)cc1. The lowest BCUT2D eigenvalue weighted by atomic mass is 10.0. The van der Waals surface area contributed by atoms with Crippen LogP contribution in [0.2, 0.25) is 0 Å². The minimum atomic E-state index is -0.258. The average Bonchev–Trinajstić information content (AvgIpc) is 3.23. The number of aryl methyl sites for hydroxylation is 1. The van der Waals surface area contributed by atoms with Gasteiger partial charge in [0.2, 0.25) is 0 Å². The van der Waals surface area contributed by atoms with Crippen LogP contribution in [-0.4, -0.2) is 14.6 Å². The number of hydrogen-bond donors (Lipinski definition) is 0. The van der Waals surface area contributed by atoms with Crippen molar-refractivity contribution >= 4 is 5.65 Å². The van der Waals surface area contributed by atoms with Gasteiger partial charge in [0, 0.05) is 17.3 Å². The Morgan fingerprint density at radius 2 is 1.56 bits per heavy atom. The van der Waals surface area contributed by atoms with Gasteiger partial charge in [0.15, 0.2) is 5.65 Å². The summed E-state index contributed by atoms with van der Waals surface area (Å²) in [5, 5.41) is 4.83. The molecule has 0 spiro atoms. The number of aromatic nitrogens is 3. The van der Waals surface area contributed by atoms with Gasteiger partial charge < -0.3 is 4.74 Å². The van der Waals surface area contributed by atoms with Crippen molar-refractivity contribution in [2.24, 2.45) is 0 Å². The van der Waals surface area contributed by atoms with Crippen molar-refractivity contribution in [1.82, 2.24) is 14.6 Å². The van der Waals surface area contributed by atoms with E-state index in [1.165, 1.54) is 12.1 Å². The zero-order chi connectivity index (χ0) is 21.9. The number of ether oxygens (including phenoxy) is 1. The topological polar surface area (TPSA) is 39.4 Å². The Balaban J connectivity index is 1.48. The maximum Gasteiger partial charge on any atom is 0.163 e. The summed E-state index contributed by atoms with van der Waals surface area (Å²) in [7, 11) is 0. The third-order valence-electron chi connectivity index (χ3n) is 5.46.